The standard InChI is InChI=1S/C21H28FNO4/c1-15-2-3-17(10-19(15)22)20(24)23-13-21(14-23)18(6-9-27-21)12-26-11-16-4-7-25-8-5-16/h2-3,10,16,18H,4-9,11-14H2,1H3. The lowest BCUT2D eigenvalue weighted by atomic mass is 9.81. The van der Waals surface area contributed by atoms with E-state index in [1.54, 1.807) is 24.0 Å². The van der Waals surface area contributed by atoms with Crippen LogP contribution in [0.3, 0.4) is 0 Å². The summed E-state index contributed by atoms with van der Waals surface area (Å²) >= 11 is 0. The van der Waals surface area contributed by atoms with Gasteiger partial charge in [0.15, 0.2) is 0 Å². The SMILES string of the molecule is Cc1ccc(C(=O)N2CC3(C2)OCCC3COCC2CCOCC2)cc1F. The van der Waals surface area contributed by atoms with Crippen LogP contribution in [-0.2, 0) is 14.2 Å². The molecule has 3 aliphatic rings. The average molecular weight is 377 g/mol. The summed E-state index contributed by atoms with van der Waals surface area (Å²) in [7, 11) is 0. The van der Waals surface area contributed by atoms with Crippen molar-refractivity contribution >= 4 is 5.91 Å². The maximum Gasteiger partial charge on any atom is 0.254 e. The molecule has 1 atom stereocenters. The fourth-order valence-electron chi connectivity index (χ4n) is 4.31. The van der Waals surface area contributed by atoms with Crippen LogP contribution in [0.25, 0.3) is 0 Å². The maximum atomic E-state index is 13.8. The van der Waals surface area contributed by atoms with Gasteiger partial charge >= 0.3 is 0 Å². The Kier molecular flexibility index (Phi) is 5.48. The van der Waals surface area contributed by atoms with Crippen LogP contribution in [0, 0.1) is 24.6 Å². The minimum atomic E-state index is -0.340. The van der Waals surface area contributed by atoms with E-state index in [9.17, 15) is 9.18 Å². The van der Waals surface area contributed by atoms with E-state index in [1.165, 1.54) is 6.07 Å². The number of aryl methyl sites for hydroxylation is 1. The van der Waals surface area contributed by atoms with Gasteiger partial charge in [-0.05, 0) is 49.8 Å². The van der Waals surface area contributed by atoms with Crippen LogP contribution in [0.1, 0.15) is 35.2 Å². The molecule has 0 saturated carbocycles. The third-order valence-corrected chi connectivity index (χ3v) is 6.24. The lowest BCUT2D eigenvalue weighted by molar-refractivity contribution is -0.129. The zero-order valence-electron chi connectivity index (χ0n) is 15.9. The number of hydrogen-bond donors (Lipinski definition) is 0. The van der Waals surface area contributed by atoms with E-state index in [2.05, 4.69) is 0 Å². The summed E-state index contributed by atoms with van der Waals surface area (Å²) in [5.41, 5.74) is 0.667. The van der Waals surface area contributed by atoms with Crippen molar-refractivity contribution in [3.63, 3.8) is 0 Å². The normalized spacial score (nSPS) is 25.0. The van der Waals surface area contributed by atoms with Gasteiger partial charge in [0, 0.05) is 37.9 Å². The summed E-state index contributed by atoms with van der Waals surface area (Å²) in [6.07, 6.45) is 3.11. The predicted molar refractivity (Wildman–Crippen MR) is 98.2 cm³/mol. The number of hydrogen-bond acceptors (Lipinski definition) is 4. The molecule has 0 radical (unpaired) electrons. The number of likely N-dealkylation sites (tertiary alicyclic amines) is 1. The molecule has 3 saturated heterocycles. The first kappa shape index (κ1) is 18.8. The number of amides is 1. The summed E-state index contributed by atoms with van der Waals surface area (Å²) in [6.45, 7) is 6.66. The predicted octanol–water partition coefficient (Wildman–Crippen LogP) is 2.81. The van der Waals surface area contributed by atoms with E-state index in [1.807, 2.05) is 0 Å². The van der Waals surface area contributed by atoms with Gasteiger partial charge in [-0.3, -0.25) is 4.79 Å². The van der Waals surface area contributed by atoms with Crippen molar-refractivity contribution < 1.29 is 23.4 Å². The van der Waals surface area contributed by atoms with Gasteiger partial charge < -0.3 is 19.1 Å². The van der Waals surface area contributed by atoms with E-state index in [0.717, 1.165) is 39.1 Å². The Hall–Kier alpha value is -1.50. The summed E-state index contributed by atoms with van der Waals surface area (Å²) in [5, 5.41) is 0. The molecule has 1 aromatic carbocycles. The molecule has 0 aliphatic carbocycles. The van der Waals surface area contributed by atoms with Gasteiger partial charge in [0.1, 0.15) is 11.4 Å². The van der Waals surface area contributed by atoms with E-state index >= 15 is 0 Å². The first-order valence-electron chi connectivity index (χ1n) is 9.92. The quantitative estimate of drug-likeness (QED) is 0.792. The van der Waals surface area contributed by atoms with Crippen LogP contribution in [0.15, 0.2) is 18.2 Å². The Labute approximate surface area is 159 Å². The number of carbonyl (C=O) groups is 1. The van der Waals surface area contributed by atoms with E-state index in [0.29, 0.717) is 49.3 Å². The van der Waals surface area contributed by atoms with Crippen molar-refractivity contribution in [1.82, 2.24) is 4.90 Å². The molecule has 0 aromatic heterocycles. The highest BCUT2D eigenvalue weighted by Crippen LogP contribution is 2.40. The molecule has 1 aromatic rings. The zero-order chi connectivity index (χ0) is 18.9. The second-order valence-electron chi connectivity index (χ2n) is 8.12. The molecular weight excluding hydrogens is 349 g/mol. The second-order valence-corrected chi connectivity index (χ2v) is 8.12. The van der Waals surface area contributed by atoms with Crippen LogP contribution in [0.2, 0.25) is 0 Å². The third-order valence-electron chi connectivity index (χ3n) is 6.24. The van der Waals surface area contributed by atoms with Crippen LogP contribution < -0.4 is 0 Å². The highest BCUT2D eigenvalue weighted by Gasteiger charge is 2.54. The monoisotopic (exact) mass is 377 g/mol. The first-order valence-corrected chi connectivity index (χ1v) is 9.92. The molecule has 148 valence electrons. The molecule has 0 bridgehead atoms. The van der Waals surface area contributed by atoms with E-state index in [-0.39, 0.29) is 17.3 Å². The van der Waals surface area contributed by atoms with Gasteiger partial charge in [-0.2, -0.15) is 0 Å². The van der Waals surface area contributed by atoms with Crippen LogP contribution in [0.5, 0.6) is 0 Å². The fourth-order valence-corrected chi connectivity index (χ4v) is 4.31. The van der Waals surface area contributed by atoms with E-state index in [4.69, 9.17) is 14.2 Å². The Morgan fingerprint density at radius 1 is 1.22 bits per heavy atom. The largest absolute Gasteiger partial charge is 0.381 e. The molecule has 6 heteroatoms. The highest BCUT2D eigenvalue weighted by molar-refractivity contribution is 5.95. The van der Waals surface area contributed by atoms with Crippen molar-refractivity contribution in [3.8, 4) is 0 Å². The minimum absolute atomic E-state index is 0.128. The molecule has 3 heterocycles. The van der Waals surface area contributed by atoms with Gasteiger partial charge in [-0.25, -0.2) is 4.39 Å². The summed E-state index contributed by atoms with van der Waals surface area (Å²) in [5.74, 6) is 0.438. The minimum Gasteiger partial charge on any atom is -0.381 e. The fraction of sp³-hybridized carbons (Fsp3) is 0.667. The molecule has 1 amide bonds. The number of halogens is 1. The molecule has 5 nitrogen and oxygen atoms in total. The Morgan fingerprint density at radius 3 is 2.74 bits per heavy atom. The number of nitrogens with zero attached hydrogens (tertiary/aromatic N) is 1. The topological polar surface area (TPSA) is 48.0 Å². The second kappa shape index (κ2) is 7.86. The van der Waals surface area contributed by atoms with Gasteiger partial charge in [0.25, 0.3) is 5.91 Å². The average Bonchev–Trinajstić information content (AvgIpc) is 3.07. The molecule has 1 spiro atoms. The summed E-state index contributed by atoms with van der Waals surface area (Å²) in [6, 6.07) is 4.67. The van der Waals surface area contributed by atoms with E-state index < -0.39 is 0 Å². The van der Waals surface area contributed by atoms with Gasteiger partial charge in [-0.15, -0.1) is 0 Å². The summed E-state index contributed by atoms with van der Waals surface area (Å²) in [4.78, 5) is 14.4. The summed E-state index contributed by atoms with van der Waals surface area (Å²) < 4.78 is 31.2. The van der Waals surface area contributed by atoms with Gasteiger partial charge in [0.2, 0.25) is 0 Å². The maximum absolute atomic E-state index is 13.8. The number of rotatable bonds is 5. The number of benzene rings is 1. The molecule has 4 rings (SSSR count). The Balaban J connectivity index is 1.29. The molecule has 27 heavy (non-hydrogen) atoms. The Morgan fingerprint density at radius 2 is 2.00 bits per heavy atom. The van der Waals surface area contributed by atoms with Crippen molar-refractivity contribution in [2.45, 2.75) is 31.8 Å². The molecule has 3 fully saturated rings. The lowest BCUT2D eigenvalue weighted by Gasteiger charge is -2.50. The van der Waals surface area contributed by atoms with Crippen LogP contribution in [0.4, 0.5) is 4.39 Å². The van der Waals surface area contributed by atoms with Crippen LogP contribution in [-0.4, -0.2) is 62.5 Å². The first-order chi connectivity index (χ1) is 13.1. The third kappa shape index (κ3) is 3.89. The number of carbonyl (C=O) groups excluding carboxylic acids is 1. The van der Waals surface area contributed by atoms with Crippen molar-refractivity contribution in [1.29, 1.82) is 0 Å². The molecular formula is C21H28FNO4. The van der Waals surface area contributed by atoms with Gasteiger partial charge in [-0.1, -0.05) is 6.07 Å². The van der Waals surface area contributed by atoms with Crippen molar-refractivity contribution in [2.75, 3.05) is 46.1 Å². The number of ether oxygens (including phenoxy) is 3. The molecule has 3 aliphatic heterocycles. The van der Waals surface area contributed by atoms with Crippen LogP contribution >= 0.6 is 0 Å². The van der Waals surface area contributed by atoms with Crippen molar-refractivity contribution in [2.24, 2.45) is 11.8 Å². The van der Waals surface area contributed by atoms with Gasteiger partial charge in [0.05, 0.1) is 19.7 Å². The highest BCUT2D eigenvalue weighted by atomic mass is 19.1. The smallest absolute Gasteiger partial charge is 0.254 e. The Bertz CT molecular complexity index is 683. The zero-order valence-corrected chi connectivity index (χ0v) is 15.9. The van der Waals surface area contributed by atoms with Crippen molar-refractivity contribution in [3.05, 3.63) is 35.1 Å². The lowest BCUT2D eigenvalue weighted by Crippen LogP contribution is -2.66. The molecule has 0 N–H and O–H groups in total. The molecule has 1 unspecified atom stereocenters.